The summed E-state index contributed by atoms with van der Waals surface area (Å²) in [6, 6.07) is 8.10. The molecule has 0 atom stereocenters. The van der Waals surface area contributed by atoms with E-state index in [1.54, 1.807) is 12.1 Å². The van der Waals surface area contributed by atoms with Crippen LogP contribution in [-0.4, -0.2) is 27.5 Å². The predicted molar refractivity (Wildman–Crippen MR) is 83.6 cm³/mol. The van der Waals surface area contributed by atoms with Gasteiger partial charge in [-0.05, 0) is 62.9 Å². The molecule has 0 radical (unpaired) electrons. The Balaban J connectivity index is 1.68. The molecule has 0 unspecified atom stereocenters. The second-order valence-corrected chi connectivity index (χ2v) is 5.95. The summed E-state index contributed by atoms with van der Waals surface area (Å²) in [5.41, 5.74) is 4.89. The molecule has 21 heavy (non-hydrogen) atoms. The number of hydrogen-bond acceptors (Lipinski definition) is 3. The average molecular weight is 285 g/mol. The SMILES string of the molecule is Cc1nn(Cc2ccc(O)cc2)c(C)c1CCNC1CC1. The van der Waals surface area contributed by atoms with Gasteiger partial charge < -0.3 is 10.4 Å². The highest BCUT2D eigenvalue weighted by atomic mass is 16.3. The number of nitrogens with one attached hydrogen (secondary N) is 1. The maximum absolute atomic E-state index is 9.34. The number of aryl methyl sites for hydroxylation is 1. The van der Waals surface area contributed by atoms with Crippen molar-refractivity contribution in [1.82, 2.24) is 15.1 Å². The standard InChI is InChI=1S/C17H23N3O/c1-12-17(9-10-18-15-5-6-15)13(2)20(19-12)11-14-3-7-16(21)8-4-14/h3-4,7-8,15,18,21H,5-6,9-11H2,1-2H3. The van der Waals surface area contributed by atoms with Crippen LogP contribution in [0.15, 0.2) is 24.3 Å². The monoisotopic (exact) mass is 285 g/mol. The first-order valence-electron chi connectivity index (χ1n) is 7.67. The van der Waals surface area contributed by atoms with E-state index in [4.69, 9.17) is 0 Å². The summed E-state index contributed by atoms with van der Waals surface area (Å²) in [6.07, 6.45) is 3.71. The maximum Gasteiger partial charge on any atom is 0.115 e. The van der Waals surface area contributed by atoms with E-state index in [-0.39, 0.29) is 0 Å². The van der Waals surface area contributed by atoms with E-state index in [9.17, 15) is 5.11 Å². The zero-order chi connectivity index (χ0) is 14.8. The van der Waals surface area contributed by atoms with Gasteiger partial charge in [-0.2, -0.15) is 5.10 Å². The molecule has 0 bridgehead atoms. The summed E-state index contributed by atoms with van der Waals surface area (Å²) in [7, 11) is 0. The average Bonchev–Trinajstić information content (AvgIpc) is 3.24. The lowest BCUT2D eigenvalue weighted by molar-refractivity contribution is 0.475. The van der Waals surface area contributed by atoms with E-state index in [1.807, 2.05) is 12.1 Å². The van der Waals surface area contributed by atoms with Gasteiger partial charge in [0, 0.05) is 11.7 Å². The molecule has 1 aromatic heterocycles. The van der Waals surface area contributed by atoms with Crippen LogP contribution in [0.3, 0.4) is 0 Å². The molecule has 1 aromatic carbocycles. The lowest BCUT2D eigenvalue weighted by Crippen LogP contribution is -2.19. The summed E-state index contributed by atoms with van der Waals surface area (Å²) in [4.78, 5) is 0. The molecule has 1 aliphatic carbocycles. The minimum atomic E-state index is 0.305. The van der Waals surface area contributed by atoms with Gasteiger partial charge in [-0.15, -0.1) is 0 Å². The number of hydrogen-bond donors (Lipinski definition) is 2. The zero-order valence-corrected chi connectivity index (χ0v) is 12.8. The molecular formula is C17H23N3O. The third-order valence-electron chi connectivity index (χ3n) is 4.19. The van der Waals surface area contributed by atoms with Gasteiger partial charge in [-0.25, -0.2) is 0 Å². The molecule has 1 aliphatic rings. The Labute approximate surface area is 125 Å². The van der Waals surface area contributed by atoms with Crippen molar-refractivity contribution in [2.24, 2.45) is 0 Å². The first kappa shape index (κ1) is 14.1. The molecule has 0 spiro atoms. The van der Waals surface area contributed by atoms with Crippen LogP contribution < -0.4 is 5.32 Å². The molecule has 2 aromatic rings. The topological polar surface area (TPSA) is 50.1 Å². The minimum Gasteiger partial charge on any atom is -0.508 e. The smallest absolute Gasteiger partial charge is 0.115 e. The van der Waals surface area contributed by atoms with Crippen LogP contribution in [-0.2, 0) is 13.0 Å². The van der Waals surface area contributed by atoms with Gasteiger partial charge >= 0.3 is 0 Å². The number of benzene rings is 1. The summed E-state index contributed by atoms with van der Waals surface area (Å²) in [5, 5.41) is 17.6. The molecule has 4 nitrogen and oxygen atoms in total. The van der Waals surface area contributed by atoms with Crippen LogP contribution in [0.1, 0.15) is 35.4 Å². The van der Waals surface area contributed by atoms with Gasteiger partial charge in [0.15, 0.2) is 0 Å². The third-order valence-corrected chi connectivity index (χ3v) is 4.19. The highest BCUT2D eigenvalue weighted by Gasteiger charge is 2.20. The zero-order valence-electron chi connectivity index (χ0n) is 12.8. The Morgan fingerprint density at radius 2 is 1.95 bits per heavy atom. The van der Waals surface area contributed by atoms with Gasteiger partial charge in [0.1, 0.15) is 5.75 Å². The Morgan fingerprint density at radius 1 is 1.24 bits per heavy atom. The molecule has 1 saturated carbocycles. The van der Waals surface area contributed by atoms with Crippen molar-refractivity contribution >= 4 is 0 Å². The second kappa shape index (κ2) is 5.90. The van der Waals surface area contributed by atoms with Crippen molar-refractivity contribution in [2.45, 2.75) is 45.7 Å². The van der Waals surface area contributed by atoms with E-state index < -0.39 is 0 Å². The van der Waals surface area contributed by atoms with E-state index in [1.165, 1.54) is 24.1 Å². The molecule has 0 aliphatic heterocycles. The first-order valence-corrected chi connectivity index (χ1v) is 7.67. The number of rotatable bonds is 6. The van der Waals surface area contributed by atoms with Crippen molar-refractivity contribution in [1.29, 1.82) is 0 Å². The summed E-state index contributed by atoms with van der Waals surface area (Å²) >= 11 is 0. The number of aromatic nitrogens is 2. The molecular weight excluding hydrogens is 262 g/mol. The Morgan fingerprint density at radius 3 is 2.62 bits per heavy atom. The van der Waals surface area contributed by atoms with Gasteiger partial charge in [0.05, 0.1) is 12.2 Å². The highest BCUT2D eigenvalue weighted by molar-refractivity contribution is 5.28. The Bertz CT molecular complexity index is 612. The van der Waals surface area contributed by atoms with Gasteiger partial charge in [-0.1, -0.05) is 12.1 Å². The van der Waals surface area contributed by atoms with Crippen LogP contribution in [0.5, 0.6) is 5.75 Å². The fourth-order valence-electron chi connectivity index (χ4n) is 2.71. The number of nitrogens with zero attached hydrogens (tertiary/aromatic N) is 2. The van der Waals surface area contributed by atoms with E-state index in [0.717, 1.165) is 36.8 Å². The van der Waals surface area contributed by atoms with Crippen LogP contribution in [0.25, 0.3) is 0 Å². The van der Waals surface area contributed by atoms with Crippen LogP contribution in [0, 0.1) is 13.8 Å². The molecule has 0 amide bonds. The van der Waals surface area contributed by atoms with Gasteiger partial charge in [-0.3, -0.25) is 4.68 Å². The molecule has 4 heteroatoms. The van der Waals surface area contributed by atoms with Crippen molar-refractivity contribution < 1.29 is 5.11 Å². The second-order valence-electron chi connectivity index (χ2n) is 5.95. The van der Waals surface area contributed by atoms with E-state index >= 15 is 0 Å². The predicted octanol–water partition coefficient (Wildman–Crippen LogP) is 2.55. The molecule has 1 heterocycles. The summed E-state index contributed by atoms with van der Waals surface area (Å²) in [6.45, 7) is 6.03. The lowest BCUT2D eigenvalue weighted by Gasteiger charge is -2.07. The molecule has 0 saturated heterocycles. The number of phenols is 1. The fourth-order valence-corrected chi connectivity index (χ4v) is 2.71. The van der Waals surface area contributed by atoms with Crippen molar-refractivity contribution in [2.75, 3.05) is 6.54 Å². The van der Waals surface area contributed by atoms with Crippen molar-refractivity contribution in [3.05, 3.63) is 46.8 Å². The largest absolute Gasteiger partial charge is 0.508 e. The quantitative estimate of drug-likeness (QED) is 0.857. The number of phenolic OH excluding ortho intramolecular Hbond substituents is 1. The molecule has 3 rings (SSSR count). The Kier molecular flexibility index (Phi) is 3.97. The normalized spacial score (nSPS) is 14.6. The maximum atomic E-state index is 9.34. The molecule has 112 valence electrons. The van der Waals surface area contributed by atoms with Crippen molar-refractivity contribution in [3.8, 4) is 5.75 Å². The fraction of sp³-hybridized carbons (Fsp3) is 0.471. The lowest BCUT2D eigenvalue weighted by atomic mass is 10.1. The minimum absolute atomic E-state index is 0.305. The van der Waals surface area contributed by atoms with Crippen molar-refractivity contribution in [3.63, 3.8) is 0 Å². The van der Waals surface area contributed by atoms with Crippen LogP contribution >= 0.6 is 0 Å². The first-order chi connectivity index (χ1) is 10.1. The summed E-state index contributed by atoms with van der Waals surface area (Å²) in [5.74, 6) is 0.305. The van der Waals surface area contributed by atoms with Gasteiger partial charge in [0.25, 0.3) is 0 Å². The van der Waals surface area contributed by atoms with E-state index in [2.05, 4.69) is 28.9 Å². The molecule has 2 N–H and O–H groups in total. The van der Waals surface area contributed by atoms with E-state index in [0.29, 0.717) is 5.75 Å². The van der Waals surface area contributed by atoms with Gasteiger partial charge in [0.2, 0.25) is 0 Å². The number of aromatic hydroxyl groups is 1. The third kappa shape index (κ3) is 3.45. The highest BCUT2D eigenvalue weighted by Crippen LogP contribution is 2.20. The molecule has 1 fully saturated rings. The Hall–Kier alpha value is -1.81. The van der Waals surface area contributed by atoms with Crippen LogP contribution in [0.2, 0.25) is 0 Å². The summed E-state index contributed by atoms with van der Waals surface area (Å²) < 4.78 is 2.06. The van der Waals surface area contributed by atoms with Crippen LogP contribution in [0.4, 0.5) is 0 Å².